The number of nitrogens with zero attached hydrogens (tertiary/aromatic N) is 5. The summed E-state index contributed by atoms with van der Waals surface area (Å²) < 4.78 is 59.8. The highest BCUT2D eigenvalue weighted by Crippen LogP contribution is 2.41. The molecule has 5 rings (SSSR count). The first kappa shape index (κ1) is 32.2. The molecule has 1 aromatic carbocycles. The number of hydrogen-bond acceptors (Lipinski definition) is 8. The lowest BCUT2D eigenvalue weighted by Gasteiger charge is -2.41. The molecule has 4 heterocycles. The van der Waals surface area contributed by atoms with Gasteiger partial charge < -0.3 is 14.9 Å². The maximum absolute atomic E-state index is 16.1. The van der Waals surface area contributed by atoms with Crippen LogP contribution in [0.5, 0.6) is 5.75 Å². The minimum atomic E-state index is -4.06. The second-order valence-corrected chi connectivity index (χ2v) is 13.8. The number of piperazine rings is 1. The standard InChI is InChI=1S/C32H33F2N5O4S2/c1-7-24(41)38-14-13-37(16-19(38)5)29-20-15-22(34)27(25-21(33)9-8-10-23(25)40)36-31(20)39(32(44)30(29)45(6,42)43)28-18(4)11-12-35-26(28)17(2)3/h7-12,15,17,19,40H,1,13-14,16H2,2-6H3/t19-/m1/s1. The van der Waals surface area contributed by atoms with Crippen molar-refractivity contribution in [2.45, 2.75) is 44.6 Å². The minimum absolute atomic E-state index is 0.0525. The molecule has 0 unspecified atom stereocenters. The van der Waals surface area contributed by atoms with Gasteiger partial charge in [0, 0.05) is 43.5 Å². The first-order valence-electron chi connectivity index (χ1n) is 14.3. The number of phenolic OH excluding ortho intramolecular Hbond substituents is 1. The number of rotatable bonds is 6. The average molecular weight is 654 g/mol. The lowest BCUT2D eigenvalue weighted by atomic mass is 10.0. The van der Waals surface area contributed by atoms with E-state index in [1.165, 1.54) is 22.8 Å². The van der Waals surface area contributed by atoms with Crippen LogP contribution in [0.3, 0.4) is 0 Å². The van der Waals surface area contributed by atoms with Gasteiger partial charge >= 0.3 is 0 Å². The first-order chi connectivity index (χ1) is 21.2. The summed E-state index contributed by atoms with van der Waals surface area (Å²) in [6, 6.07) is 6.09. The monoisotopic (exact) mass is 653 g/mol. The van der Waals surface area contributed by atoms with E-state index in [9.17, 15) is 18.3 Å². The fourth-order valence-corrected chi connectivity index (χ4v) is 7.64. The SMILES string of the molecule is C=CC(=O)N1CCN(c2c(S(C)(=O)=O)c(=S)n(-c3c(C)ccnc3C(C)C)c3nc(-c4c(O)cccc4F)c(F)cc23)C[C@H]1C. The maximum atomic E-state index is 16.1. The fourth-order valence-electron chi connectivity index (χ4n) is 5.91. The summed E-state index contributed by atoms with van der Waals surface area (Å²) in [5.74, 6) is -2.79. The van der Waals surface area contributed by atoms with E-state index in [-0.39, 0.29) is 63.8 Å². The number of benzene rings is 1. The van der Waals surface area contributed by atoms with Gasteiger partial charge in [-0.25, -0.2) is 22.2 Å². The average Bonchev–Trinajstić information content (AvgIpc) is 2.96. The van der Waals surface area contributed by atoms with Gasteiger partial charge in [-0.3, -0.25) is 14.3 Å². The molecule has 3 aromatic heterocycles. The molecular weight excluding hydrogens is 621 g/mol. The molecule has 13 heteroatoms. The molecule has 9 nitrogen and oxygen atoms in total. The van der Waals surface area contributed by atoms with E-state index in [1.807, 2.05) is 27.7 Å². The van der Waals surface area contributed by atoms with Gasteiger partial charge in [0.15, 0.2) is 15.7 Å². The molecule has 0 spiro atoms. The molecule has 1 aliphatic rings. The summed E-state index contributed by atoms with van der Waals surface area (Å²) in [6.07, 6.45) is 3.89. The number of phenols is 1. The quantitative estimate of drug-likeness (QED) is 0.204. The minimum Gasteiger partial charge on any atom is -0.507 e. The number of aromatic nitrogens is 3. The van der Waals surface area contributed by atoms with Crippen LogP contribution in [0.1, 0.15) is 37.9 Å². The number of fused-ring (bicyclic) bond motifs is 1. The zero-order chi connectivity index (χ0) is 33.0. The van der Waals surface area contributed by atoms with Crippen molar-refractivity contribution in [1.82, 2.24) is 19.4 Å². The van der Waals surface area contributed by atoms with Gasteiger partial charge in [0.25, 0.3) is 0 Å². The van der Waals surface area contributed by atoms with Gasteiger partial charge in [-0.2, -0.15) is 0 Å². The number of carbonyl (C=O) groups excluding carboxylic acids is 1. The third-order valence-electron chi connectivity index (χ3n) is 7.96. The van der Waals surface area contributed by atoms with Crippen LogP contribution in [-0.4, -0.2) is 70.8 Å². The molecule has 1 atom stereocenters. The Kier molecular flexibility index (Phi) is 8.53. The molecule has 0 bridgehead atoms. The molecule has 1 fully saturated rings. The molecule has 236 valence electrons. The molecule has 1 aliphatic heterocycles. The molecule has 45 heavy (non-hydrogen) atoms. The molecule has 0 saturated carbocycles. The zero-order valence-corrected chi connectivity index (χ0v) is 27.1. The van der Waals surface area contributed by atoms with Crippen molar-refractivity contribution in [1.29, 1.82) is 0 Å². The predicted molar refractivity (Wildman–Crippen MR) is 172 cm³/mol. The van der Waals surface area contributed by atoms with Crippen LogP contribution in [0.2, 0.25) is 0 Å². The van der Waals surface area contributed by atoms with Gasteiger partial charge in [-0.05, 0) is 55.7 Å². The van der Waals surface area contributed by atoms with Crippen LogP contribution >= 0.6 is 12.2 Å². The van der Waals surface area contributed by atoms with Gasteiger partial charge in [0.2, 0.25) is 5.91 Å². The number of hydrogen-bond donors (Lipinski definition) is 1. The molecule has 4 aromatic rings. The lowest BCUT2D eigenvalue weighted by molar-refractivity contribution is -0.128. The topological polar surface area (TPSA) is 109 Å². The van der Waals surface area contributed by atoms with Gasteiger partial charge in [-0.15, -0.1) is 0 Å². The maximum Gasteiger partial charge on any atom is 0.246 e. The van der Waals surface area contributed by atoms with Crippen molar-refractivity contribution in [2.24, 2.45) is 0 Å². The normalized spacial score (nSPS) is 15.6. The third-order valence-corrected chi connectivity index (χ3v) is 9.60. The second kappa shape index (κ2) is 11.9. The van der Waals surface area contributed by atoms with E-state index in [2.05, 4.69) is 16.5 Å². The zero-order valence-electron chi connectivity index (χ0n) is 25.5. The summed E-state index contributed by atoms with van der Waals surface area (Å²) in [4.78, 5) is 24.8. The van der Waals surface area contributed by atoms with E-state index >= 15 is 8.78 Å². The van der Waals surface area contributed by atoms with Crippen LogP contribution < -0.4 is 4.90 Å². The Morgan fingerprint density at radius 1 is 1.18 bits per heavy atom. The van der Waals surface area contributed by atoms with Gasteiger partial charge in [0.05, 0.1) is 22.6 Å². The highest BCUT2D eigenvalue weighted by Gasteiger charge is 2.34. The Morgan fingerprint density at radius 3 is 2.49 bits per heavy atom. The van der Waals surface area contributed by atoms with Crippen LogP contribution in [-0.2, 0) is 14.6 Å². The summed E-state index contributed by atoms with van der Waals surface area (Å²) in [6.45, 7) is 11.7. The van der Waals surface area contributed by atoms with Crippen LogP contribution in [0.4, 0.5) is 14.5 Å². The Balaban J connectivity index is 1.97. The molecule has 1 amide bonds. The number of amides is 1. The molecular formula is C32H33F2N5O4S2. The number of sulfone groups is 1. The van der Waals surface area contributed by atoms with E-state index in [0.717, 1.165) is 18.4 Å². The Morgan fingerprint density at radius 2 is 1.89 bits per heavy atom. The molecule has 0 radical (unpaired) electrons. The molecule has 0 aliphatic carbocycles. The summed E-state index contributed by atoms with van der Waals surface area (Å²) in [5.41, 5.74) is 1.03. The Hall–Kier alpha value is -4.23. The van der Waals surface area contributed by atoms with Crippen molar-refractivity contribution in [2.75, 3.05) is 30.8 Å². The smallest absolute Gasteiger partial charge is 0.246 e. The van der Waals surface area contributed by atoms with Crippen molar-refractivity contribution in [3.05, 3.63) is 76.7 Å². The van der Waals surface area contributed by atoms with Crippen molar-refractivity contribution >= 4 is 44.7 Å². The fraction of sp³-hybridized carbons (Fsp3) is 0.312. The van der Waals surface area contributed by atoms with Crippen LogP contribution in [0, 0.1) is 23.2 Å². The largest absolute Gasteiger partial charge is 0.507 e. The highest BCUT2D eigenvalue weighted by atomic mass is 32.2. The van der Waals surface area contributed by atoms with E-state index in [1.54, 1.807) is 22.1 Å². The van der Waals surface area contributed by atoms with Crippen molar-refractivity contribution < 1.29 is 27.1 Å². The Labute approximate surface area is 265 Å². The van der Waals surface area contributed by atoms with Crippen LogP contribution in [0.15, 0.2) is 54.1 Å². The van der Waals surface area contributed by atoms with Gasteiger partial charge in [-0.1, -0.05) is 38.7 Å². The summed E-state index contributed by atoms with van der Waals surface area (Å²) >= 11 is 5.96. The number of anilines is 1. The molecule has 1 saturated heterocycles. The van der Waals surface area contributed by atoms with Crippen molar-refractivity contribution in [3.63, 3.8) is 0 Å². The number of carbonyl (C=O) groups is 1. The van der Waals surface area contributed by atoms with Crippen LogP contribution in [0.25, 0.3) is 28.0 Å². The van der Waals surface area contributed by atoms with E-state index in [0.29, 0.717) is 16.9 Å². The van der Waals surface area contributed by atoms with Crippen molar-refractivity contribution in [3.8, 4) is 22.7 Å². The van der Waals surface area contributed by atoms with E-state index in [4.69, 9.17) is 12.2 Å². The number of aryl methyl sites for hydroxylation is 1. The van der Waals surface area contributed by atoms with E-state index < -0.39 is 38.5 Å². The number of aromatic hydroxyl groups is 1. The second-order valence-electron chi connectivity index (χ2n) is 11.5. The summed E-state index contributed by atoms with van der Waals surface area (Å²) in [5, 5.41) is 10.7. The highest BCUT2D eigenvalue weighted by molar-refractivity contribution is 7.91. The third kappa shape index (κ3) is 5.59. The van der Waals surface area contributed by atoms with Gasteiger partial charge in [0.1, 0.15) is 32.4 Å². The number of halogens is 2. The first-order valence-corrected chi connectivity index (χ1v) is 16.6. The predicted octanol–water partition coefficient (Wildman–Crippen LogP) is 5.86. The lowest BCUT2D eigenvalue weighted by Crippen LogP contribution is -2.54. The molecule has 1 N–H and O–H groups in total. The number of pyridine rings is 3. The Bertz CT molecular complexity index is 2030. The summed E-state index contributed by atoms with van der Waals surface area (Å²) in [7, 11) is -4.06.